The van der Waals surface area contributed by atoms with Crippen molar-refractivity contribution in [1.29, 1.82) is 0 Å². The smallest absolute Gasteiger partial charge is 0.229 e. The highest BCUT2D eigenvalue weighted by atomic mass is 127. The first-order valence-electron chi connectivity index (χ1n) is 10.2. The van der Waals surface area contributed by atoms with Gasteiger partial charge in [-0.25, -0.2) is 8.42 Å². The number of benzene rings is 2. The fourth-order valence-corrected chi connectivity index (χ4v) is 4.68. The molecule has 0 spiro atoms. The van der Waals surface area contributed by atoms with Crippen LogP contribution in [-0.4, -0.2) is 51.7 Å². The number of sulfone groups is 1. The summed E-state index contributed by atoms with van der Waals surface area (Å²) in [7, 11) is -3.30. The number of rotatable bonds is 8. The fourth-order valence-electron chi connectivity index (χ4n) is 3.37. The number of amides is 1. The van der Waals surface area contributed by atoms with E-state index in [-0.39, 0.29) is 41.7 Å². The topological polar surface area (TPSA) is 90.9 Å². The van der Waals surface area contributed by atoms with E-state index in [1.54, 1.807) is 35.2 Å². The average Bonchev–Trinajstić information content (AvgIpc) is 3.12. The standard InChI is InChI=1S/C22H28N4O3S.HI/c1-2-23-22(24-14-9-15-30(28,29)20-12-7-4-8-13-20)25-18-16-21(27)26(17-18)19-10-5-3-6-11-19;/h3-8,10-13,18H,2,9,14-17H2,1H3,(H2,23,24,25);1H. The molecule has 0 bridgehead atoms. The fraction of sp³-hybridized carbons (Fsp3) is 0.364. The lowest BCUT2D eigenvalue weighted by molar-refractivity contribution is -0.117. The van der Waals surface area contributed by atoms with Crippen LogP contribution in [0.25, 0.3) is 0 Å². The van der Waals surface area contributed by atoms with Crippen molar-refractivity contribution in [3.05, 3.63) is 60.7 Å². The molecule has 1 atom stereocenters. The van der Waals surface area contributed by atoms with Gasteiger partial charge in [0.1, 0.15) is 0 Å². The Labute approximate surface area is 201 Å². The number of anilines is 1. The maximum atomic E-state index is 12.4. The molecule has 0 aliphatic carbocycles. The van der Waals surface area contributed by atoms with Crippen molar-refractivity contribution in [2.45, 2.75) is 30.7 Å². The van der Waals surface area contributed by atoms with Crippen LogP contribution in [0.5, 0.6) is 0 Å². The average molecular weight is 556 g/mol. The molecule has 7 nitrogen and oxygen atoms in total. The van der Waals surface area contributed by atoms with Gasteiger partial charge in [-0.1, -0.05) is 36.4 Å². The zero-order valence-corrected chi connectivity index (χ0v) is 20.7. The van der Waals surface area contributed by atoms with Crippen LogP contribution in [-0.2, 0) is 14.6 Å². The molecule has 1 aliphatic rings. The first kappa shape index (κ1) is 25.1. The van der Waals surface area contributed by atoms with Crippen molar-refractivity contribution in [3.8, 4) is 0 Å². The van der Waals surface area contributed by atoms with E-state index in [1.807, 2.05) is 37.3 Å². The summed E-state index contributed by atoms with van der Waals surface area (Å²) >= 11 is 0. The molecular formula is C22H29IN4O3S. The van der Waals surface area contributed by atoms with E-state index in [4.69, 9.17) is 0 Å². The molecule has 1 fully saturated rings. The van der Waals surface area contributed by atoms with E-state index in [0.717, 1.165) is 5.69 Å². The first-order valence-corrected chi connectivity index (χ1v) is 11.8. The van der Waals surface area contributed by atoms with Gasteiger partial charge in [-0.15, -0.1) is 24.0 Å². The number of halogens is 1. The minimum absolute atomic E-state index is 0. The maximum Gasteiger partial charge on any atom is 0.229 e. The van der Waals surface area contributed by atoms with Gasteiger partial charge in [0.05, 0.1) is 16.7 Å². The van der Waals surface area contributed by atoms with Crippen molar-refractivity contribution in [2.75, 3.05) is 30.3 Å². The summed E-state index contributed by atoms with van der Waals surface area (Å²) in [6.45, 7) is 3.59. The molecule has 0 radical (unpaired) electrons. The monoisotopic (exact) mass is 556 g/mol. The number of para-hydroxylation sites is 1. The quantitative estimate of drug-likeness (QED) is 0.226. The molecule has 2 aromatic carbocycles. The molecule has 2 aromatic rings. The number of guanidine groups is 1. The van der Waals surface area contributed by atoms with Crippen LogP contribution in [0.3, 0.4) is 0 Å². The molecule has 0 aromatic heterocycles. The van der Waals surface area contributed by atoms with Crippen LogP contribution in [0, 0.1) is 0 Å². The van der Waals surface area contributed by atoms with Gasteiger partial charge in [0.25, 0.3) is 0 Å². The van der Waals surface area contributed by atoms with Gasteiger partial charge in [0.15, 0.2) is 15.8 Å². The summed E-state index contributed by atoms with van der Waals surface area (Å²) in [6.07, 6.45) is 0.815. The van der Waals surface area contributed by atoms with Gasteiger partial charge in [-0.05, 0) is 37.6 Å². The molecule has 1 unspecified atom stereocenters. The summed E-state index contributed by atoms with van der Waals surface area (Å²) in [5.74, 6) is 0.717. The zero-order valence-electron chi connectivity index (χ0n) is 17.5. The molecule has 2 N–H and O–H groups in total. The number of hydrogen-bond donors (Lipinski definition) is 2. The molecule has 3 rings (SSSR count). The third kappa shape index (κ3) is 7.20. The lowest BCUT2D eigenvalue weighted by atomic mass is 10.2. The molecular weight excluding hydrogens is 527 g/mol. The van der Waals surface area contributed by atoms with Gasteiger partial charge in [-0.3, -0.25) is 9.79 Å². The Kier molecular flexibility index (Phi) is 9.76. The summed E-state index contributed by atoms with van der Waals surface area (Å²) in [6, 6.07) is 18.0. The molecule has 168 valence electrons. The zero-order chi connectivity index (χ0) is 21.4. The molecule has 31 heavy (non-hydrogen) atoms. The van der Waals surface area contributed by atoms with E-state index < -0.39 is 9.84 Å². The van der Waals surface area contributed by atoms with Gasteiger partial charge < -0.3 is 15.5 Å². The van der Waals surface area contributed by atoms with Crippen molar-refractivity contribution in [2.24, 2.45) is 4.99 Å². The van der Waals surface area contributed by atoms with Crippen LogP contribution in [0.15, 0.2) is 70.6 Å². The predicted molar refractivity (Wildman–Crippen MR) is 135 cm³/mol. The van der Waals surface area contributed by atoms with Crippen molar-refractivity contribution < 1.29 is 13.2 Å². The van der Waals surface area contributed by atoms with Crippen LogP contribution < -0.4 is 15.5 Å². The van der Waals surface area contributed by atoms with Crippen molar-refractivity contribution in [3.63, 3.8) is 0 Å². The summed E-state index contributed by atoms with van der Waals surface area (Å²) in [5, 5.41) is 6.47. The Morgan fingerprint density at radius 1 is 1.10 bits per heavy atom. The predicted octanol–water partition coefficient (Wildman–Crippen LogP) is 2.83. The number of hydrogen-bond acceptors (Lipinski definition) is 4. The Morgan fingerprint density at radius 2 is 1.74 bits per heavy atom. The molecule has 1 amide bonds. The van der Waals surface area contributed by atoms with E-state index in [0.29, 0.717) is 43.3 Å². The second-order valence-electron chi connectivity index (χ2n) is 7.13. The molecule has 9 heteroatoms. The van der Waals surface area contributed by atoms with Crippen LogP contribution >= 0.6 is 24.0 Å². The Hall–Kier alpha value is -2.14. The Balaban J connectivity index is 0.00000341. The Morgan fingerprint density at radius 3 is 2.39 bits per heavy atom. The third-order valence-electron chi connectivity index (χ3n) is 4.82. The van der Waals surface area contributed by atoms with Crippen LogP contribution in [0.4, 0.5) is 5.69 Å². The molecule has 1 heterocycles. The SMILES string of the molecule is CCNC(=NCCCS(=O)(=O)c1ccccc1)NC1CC(=O)N(c2ccccc2)C1.I. The van der Waals surface area contributed by atoms with E-state index in [1.165, 1.54) is 0 Å². The first-order chi connectivity index (χ1) is 14.5. The number of nitrogens with zero attached hydrogens (tertiary/aromatic N) is 2. The second kappa shape index (κ2) is 12.0. The number of aliphatic imine (C=N–C) groups is 1. The minimum atomic E-state index is -3.30. The number of carbonyl (C=O) groups excluding carboxylic acids is 1. The van der Waals surface area contributed by atoms with Crippen LogP contribution in [0.1, 0.15) is 19.8 Å². The number of carbonyl (C=O) groups is 1. The summed E-state index contributed by atoms with van der Waals surface area (Å²) < 4.78 is 24.7. The molecule has 0 saturated carbocycles. The summed E-state index contributed by atoms with van der Waals surface area (Å²) in [5.41, 5.74) is 0.889. The van der Waals surface area contributed by atoms with E-state index >= 15 is 0 Å². The lowest BCUT2D eigenvalue weighted by Gasteiger charge is -2.19. The van der Waals surface area contributed by atoms with Gasteiger partial charge in [-0.2, -0.15) is 0 Å². The third-order valence-corrected chi connectivity index (χ3v) is 6.64. The highest BCUT2D eigenvalue weighted by molar-refractivity contribution is 14.0. The van der Waals surface area contributed by atoms with Crippen molar-refractivity contribution in [1.82, 2.24) is 10.6 Å². The maximum absolute atomic E-state index is 12.4. The number of nitrogens with one attached hydrogen (secondary N) is 2. The molecule has 1 saturated heterocycles. The van der Waals surface area contributed by atoms with Gasteiger partial charge >= 0.3 is 0 Å². The summed E-state index contributed by atoms with van der Waals surface area (Å²) in [4.78, 5) is 19.0. The minimum Gasteiger partial charge on any atom is -0.357 e. The van der Waals surface area contributed by atoms with Gasteiger partial charge in [0, 0.05) is 31.7 Å². The van der Waals surface area contributed by atoms with Gasteiger partial charge in [0.2, 0.25) is 5.91 Å². The van der Waals surface area contributed by atoms with Crippen molar-refractivity contribution >= 4 is 51.4 Å². The molecule has 1 aliphatic heterocycles. The largest absolute Gasteiger partial charge is 0.357 e. The second-order valence-corrected chi connectivity index (χ2v) is 9.24. The van der Waals surface area contributed by atoms with E-state index in [2.05, 4.69) is 15.6 Å². The highest BCUT2D eigenvalue weighted by Crippen LogP contribution is 2.21. The highest BCUT2D eigenvalue weighted by Gasteiger charge is 2.31. The van der Waals surface area contributed by atoms with E-state index in [9.17, 15) is 13.2 Å². The normalized spacial score (nSPS) is 16.7. The van der Waals surface area contributed by atoms with Crippen LogP contribution in [0.2, 0.25) is 0 Å². The lowest BCUT2D eigenvalue weighted by Crippen LogP contribution is -2.44. The Bertz CT molecular complexity index is 969.